The van der Waals surface area contributed by atoms with Gasteiger partial charge in [0.05, 0.1) is 8.66 Å². The highest BCUT2D eigenvalue weighted by Gasteiger charge is 2.28. The van der Waals surface area contributed by atoms with Crippen molar-refractivity contribution >= 4 is 54.8 Å². The van der Waals surface area contributed by atoms with Gasteiger partial charge in [0.1, 0.15) is 0 Å². The third-order valence-corrected chi connectivity index (χ3v) is 6.53. The molecule has 0 aliphatic carbocycles. The zero-order chi connectivity index (χ0) is 14.3. The number of nitrogens with two attached hydrogens (primary N) is 1. The summed E-state index contributed by atoms with van der Waals surface area (Å²) in [5, 5.41) is 0. The van der Waals surface area contributed by atoms with Crippen molar-refractivity contribution < 1.29 is 4.79 Å². The lowest BCUT2D eigenvalue weighted by Crippen LogP contribution is -2.46. The first-order valence-electron chi connectivity index (χ1n) is 6.16. The zero-order valence-electron chi connectivity index (χ0n) is 10.5. The monoisotopic (exact) mass is 414 g/mol. The summed E-state index contributed by atoms with van der Waals surface area (Å²) in [5.41, 5.74) is 8.19. The number of carbonyl (C=O) groups excluding carboxylic acids is 1. The van der Waals surface area contributed by atoms with E-state index in [2.05, 4.69) is 31.9 Å². The number of amides is 1. The highest BCUT2D eigenvalue weighted by molar-refractivity contribution is 9.13. The fourth-order valence-corrected chi connectivity index (χ4v) is 4.39. The van der Waals surface area contributed by atoms with Crippen molar-refractivity contribution in [1.29, 1.82) is 0 Å². The van der Waals surface area contributed by atoms with Gasteiger partial charge in [0.2, 0.25) is 0 Å². The second-order valence-electron chi connectivity index (χ2n) is 4.74. The van der Waals surface area contributed by atoms with E-state index in [4.69, 9.17) is 5.73 Å². The molecule has 1 amide bonds. The van der Waals surface area contributed by atoms with Crippen LogP contribution in [0.2, 0.25) is 0 Å². The Hall–Kier alpha value is -0.690. The van der Waals surface area contributed by atoms with Crippen molar-refractivity contribution in [3.05, 3.63) is 49.0 Å². The summed E-state index contributed by atoms with van der Waals surface area (Å²) in [6, 6.07) is 9.79. The molecule has 0 spiro atoms. The van der Waals surface area contributed by atoms with Gasteiger partial charge in [0.25, 0.3) is 5.91 Å². The van der Waals surface area contributed by atoms with Crippen molar-refractivity contribution in [3.8, 4) is 0 Å². The minimum atomic E-state index is -0.0132. The van der Waals surface area contributed by atoms with Gasteiger partial charge in [0.15, 0.2) is 0 Å². The molecule has 1 aliphatic rings. The lowest BCUT2D eigenvalue weighted by atomic mass is 9.98. The summed E-state index contributed by atoms with van der Waals surface area (Å²) in [6.07, 6.45) is 0.817. The molecule has 0 bridgehead atoms. The van der Waals surface area contributed by atoms with Crippen molar-refractivity contribution in [2.45, 2.75) is 12.5 Å². The van der Waals surface area contributed by atoms with Gasteiger partial charge < -0.3 is 10.6 Å². The Labute approximate surface area is 138 Å². The lowest BCUT2D eigenvalue weighted by molar-refractivity contribution is 0.0987. The van der Waals surface area contributed by atoms with E-state index in [0.29, 0.717) is 11.4 Å². The Morgan fingerprint density at radius 2 is 2.10 bits per heavy atom. The molecule has 1 aromatic carbocycles. The summed E-state index contributed by atoms with van der Waals surface area (Å²) >= 11 is 8.28. The first-order valence-corrected chi connectivity index (χ1v) is 8.56. The number of halogens is 2. The minimum absolute atomic E-state index is 0.00370. The Morgan fingerprint density at radius 1 is 1.35 bits per heavy atom. The van der Waals surface area contributed by atoms with Crippen LogP contribution in [-0.2, 0) is 6.42 Å². The van der Waals surface area contributed by atoms with Gasteiger partial charge in [-0.1, -0.05) is 18.2 Å². The summed E-state index contributed by atoms with van der Waals surface area (Å²) < 4.78 is 1.83. The maximum absolute atomic E-state index is 12.7. The Kier molecular flexibility index (Phi) is 3.99. The Bertz CT molecular complexity index is 651. The third-order valence-electron chi connectivity index (χ3n) is 3.28. The van der Waals surface area contributed by atoms with Gasteiger partial charge in [0, 0.05) is 22.7 Å². The molecule has 1 atom stereocenters. The van der Waals surface area contributed by atoms with Gasteiger partial charge in [-0.15, -0.1) is 11.3 Å². The van der Waals surface area contributed by atoms with E-state index in [1.807, 2.05) is 30.3 Å². The molecule has 2 heterocycles. The number of anilines is 1. The van der Waals surface area contributed by atoms with Crippen LogP contribution >= 0.6 is 43.2 Å². The van der Waals surface area contributed by atoms with E-state index in [0.717, 1.165) is 25.9 Å². The van der Waals surface area contributed by atoms with Crippen LogP contribution in [0, 0.1) is 0 Å². The van der Waals surface area contributed by atoms with E-state index in [1.54, 1.807) is 4.90 Å². The highest BCUT2D eigenvalue weighted by Crippen LogP contribution is 2.35. The van der Waals surface area contributed by atoms with E-state index in [9.17, 15) is 4.79 Å². The third kappa shape index (κ3) is 2.57. The maximum Gasteiger partial charge on any atom is 0.268 e. The van der Waals surface area contributed by atoms with Crippen LogP contribution in [0.4, 0.5) is 5.69 Å². The molecule has 1 aliphatic heterocycles. The van der Waals surface area contributed by atoms with Crippen molar-refractivity contribution in [3.63, 3.8) is 0 Å². The van der Waals surface area contributed by atoms with Crippen molar-refractivity contribution in [2.75, 3.05) is 11.4 Å². The van der Waals surface area contributed by atoms with Crippen molar-refractivity contribution in [1.82, 2.24) is 0 Å². The summed E-state index contributed by atoms with van der Waals surface area (Å²) in [6.45, 7) is 0.559. The molecule has 3 rings (SSSR count). The second kappa shape index (κ2) is 5.60. The first kappa shape index (κ1) is 14.3. The predicted octanol–water partition coefficient (Wildman–Crippen LogP) is 3.80. The molecule has 20 heavy (non-hydrogen) atoms. The molecule has 0 radical (unpaired) electrons. The highest BCUT2D eigenvalue weighted by atomic mass is 79.9. The number of nitrogens with zero attached hydrogens (tertiary/aromatic N) is 1. The molecule has 6 heteroatoms. The van der Waals surface area contributed by atoms with E-state index in [-0.39, 0.29) is 11.9 Å². The fraction of sp³-hybridized carbons (Fsp3) is 0.214. The molecular weight excluding hydrogens is 404 g/mol. The average Bonchev–Trinajstić information content (AvgIpc) is 2.77. The number of hydrogen-bond donors (Lipinski definition) is 1. The average molecular weight is 416 g/mol. The van der Waals surface area contributed by atoms with Gasteiger partial charge in [-0.3, -0.25) is 4.79 Å². The first-order chi connectivity index (χ1) is 9.56. The molecule has 0 saturated carbocycles. The Balaban J connectivity index is 1.99. The van der Waals surface area contributed by atoms with Gasteiger partial charge in [-0.25, -0.2) is 0 Å². The molecular formula is C14H12Br2N2OS. The minimum Gasteiger partial charge on any atom is -0.326 e. The molecule has 104 valence electrons. The molecule has 3 nitrogen and oxygen atoms in total. The number of thiophene rings is 1. The normalized spacial score (nSPS) is 17.9. The zero-order valence-corrected chi connectivity index (χ0v) is 14.5. The van der Waals surface area contributed by atoms with Crippen LogP contribution in [0.25, 0.3) is 0 Å². The number of benzene rings is 1. The SMILES string of the molecule is NC1Cc2ccccc2N(C(=O)c2cc(Br)c(Br)s2)C1. The van der Waals surface area contributed by atoms with Crippen LogP contribution in [0.3, 0.4) is 0 Å². The number of rotatable bonds is 1. The summed E-state index contributed by atoms with van der Waals surface area (Å²) in [7, 11) is 0. The summed E-state index contributed by atoms with van der Waals surface area (Å²) in [4.78, 5) is 15.2. The fourth-order valence-electron chi connectivity index (χ4n) is 2.40. The maximum atomic E-state index is 12.7. The van der Waals surface area contributed by atoms with E-state index >= 15 is 0 Å². The molecule has 0 fully saturated rings. The molecule has 1 unspecified atom stereocenters. The molecule has 1 aromatic heterocycles. The Morgan fingerprint density at radius 3 is 2.80 bits per heavy atom. The number of fused-ring (bicyclic) bond motifs is 1. The largest absolute Gasteiger partial charge is 0.326 e. The predicted molar refractivity (Wildman–Crippen MR) is 89.5 cm³/mol. The second-order valence-corrected chi connectivity index (χ2v) is 7.97. The van der Waals surface area contributed by atoms with E-state index < -0.39 is 0 Å². The molecule has 2 aromatic rings. The molecule has 0 saturated heterocycles. The van der Waals surface area contributed by atoms with Crippen molar-refractivity contribution in [2.24, 2.45) is 5.73 Å². The van der Waals surface area contributed by atoms with Crippen LogP contribution in [0.5, 0.6) is 0 Å². The topological polar surface area (TPSA) is 46.3 Å². The van der Waals surface area contributed by atoms with Crippen LogP contribution in [0.15, 0.2) is 38.6 Å². The number of hydrogen-bond acceptors (Lipinski definition) is 3. The van der Waals surface area contributed by atoms with Gasteiger partial charge >= 0.3 is 0 Å². The molecule has 2 N–H and O–H groups in total. The number of carbonyl (C=O) groups is 1. The summed E-state index contributed by atoms with van der Waals surface area (Å²) in [5.74, 6) is 0.00370. The number of para-hydroxylation sites is 1. The quantitative estimate of drug-likeness (QED) is 0.769. The standard InChI is InChI=1S/C14H12Br2N2OS/c15-10-6-12(20-13(10)16)14(19)18-7-9(17)5-8-3-1-2-4-11(8)18/h1-4,6,9H,5,7,17H2. The van der Waals surface area contributed by atoms with Crippen LogP contribution < -0.4 is 10.6 Å². The smallest absolute Gasteiger partial charge is 0.268 e. The lowest BCUT2D eigenvalue weighted by Gasteiger charge is -2.32. The van der Waals surface area contributed by atoms with Crippen LogP contribution in [0.1, 0.15) is 15.2 Å². The van der Waals surface area contributed by atoms with E-state index in [1.165, 1.54) is 11.3 Å². The van der Waals surface area contributed by atoms with Crippen LogP contribution in [-0.4, -0.2) is 18.5 Å². The van der Waals surface area contributed by atoms with Gasteiger partial charge in [-0.05, 0) is 56.0 Å². The van der Waals surface area contributed by atoms with Gasteiger partial charge in [-0.2, -0.15) is 0 Å².